The number of amides is 2. The summed E-state index contributed by atoms with van der Waals surface area (Å²) >= 11 is 0. The summed E-state index contributed by atoms with van der Waals surface area (Å²) < 4.78 is 5.16. The van der Waals surface area contributed by atoms with Crippen LogP contribution in [0.2, 0.25) is 0 Å². The number of aromatic nitrogens is 2. The first kappa shape index (κ1) is 37.5. The Hall–Kier alpha value is -4.49. The number of carbonyl (C=O) groups excluding carboxylic acids is 2. The van der Waals surface area contributed by atoms with Gasteiger partial charge in [-0.25, -0.2) is 4.99 Å². The smallest absolute Gasteiger partial charge is 0.246 e. The molecule has 10 N–H and O–H groups in total. The molecule has 3 aromatic rings. The van der Waals surface area contributed by atoms with Gasteiger partial charge in [0.05, 0.1) is 13.1 Å². The summed E-state index contributed by atoms with van der Waals surface area (Å²) in [4.78, 5) is 32.7. The number of aryl methyl sites for hydroxylation is 2. The van der Waals surface area contributed by atoms with Gasteiger partial charge in [-0.15, -0.1) is 0 Å². The third-order valence-electron chi connectivity index (χ3n) is 5.13. The molecule has 0 aliphatic carbocycles. The predicted molar refractivity (Wildman–Crippen MR) is 165 cm³/mol. The number of aromatic hydroxyl groups is 1. The van der Waals surface area contributed by atoms with Gasteiger partial charge in [0, 0.05) is 13.5 Å². The Morgan fingerprint density at radius 1 is 1.05 bits per heavy atom. The summed E-state index contributed by atoms with van der Waals surface area (Å²) in [5.41, 5.74) is 23.5. The third-order valence-corrected chi connectivity index (χ3v) is 5.13. The van der Waals surface area contributed by atoms with Crippen LogP contribution in [0.5, 0.6) is 5.75 Å². The van der Waals surface area contributed by atoms with Crippen LogP contribution in [0, 0.1) is 13.8 Å². The number of aliphatic imine (C=N–C) groups is 1. The van der Waals surface area contributed by atoms with Crippen LogP contribution in [0.1, 0.15) is 48.7 Å². The maximum Gasteiger partial charge on any atom is 0.246 e. The van der Waals surface area contributed by atoms with Crippen LogP contribution < -0.4 is 28.3 Å². The highest BCUT2D eigenvalue weighted by molar-refractivity contribution is 5.87. The fourth-order valence-corrected chi connectivity index (χ4v) is 2.75. The van der Waals surface area contributed by atoms with Gasteiger partial charge in [-0.3, -0.25) is 9.59 Å². The van der Waals surface area contributed by atoms with Crippen molar-refractivity contribution in [2.24, 2.45) is 27.9 Å². The predicted octanol–water partition coefficient (Wildman–Crippen LogP) is 1.34. The van der Waals surface area contributed by atoms with Gasteiger partial charge in [0.25, 0.3) is 0 Å². The number of hydrogen-bond acceptors (Lipinski definition) is 9. The Bertz CT molecular complexity index is 1190. The van der Waals surface area contributed by atoms with Crippen molar-refractivity contribution in [1.82, 2.24) is 20.4 Å². The molecule has 0 radical (unpaired) electrons. The maximum atomic E-state index is 12.0. The lowest BCUT2D eigenvalue weighted by Crippen LogP contribution is -2.39. The zero-order chi connectivity index (χ0) is 31.9. The molecule has 2 amide bonds. The molecule has 0 spiro atoms. The van der Waals surface area contributed by atoms with Crippen molar-refractivity contribution >= 4 is 17.8 Å². The summed E-state index contributed by atoms with van der Waals surface area (Å²) in [7, 11) is 1.57. The van der Waals surface area contributed by atoms with E-state index in [9.17, 15) is 9.59 Å². The summed E-state index contributed by atoms with van der Waals surface area (Å²) in [5, 5.41) is 15.3. The minimum atomic E-state index is -0.455. The van der Waals surface area contributed by atoms with E-state index < -0.39 is 5.91 Å². The summed E-state index contributed by atoms with van der Waals surface area (Å²) in [5.74, 6) is 0.245. The van der Waals surface area contributed by atoms with Crippen LogP contribution in [-0.2, 0) is 22.6 Å². The van der Waals surface area contributed by atoms with E-state index in [-0.39, 0.29) is 31.5 Å². The highest BCUT2D eigenvalue weighted by Gasteiger charge is 2.15. The number of nitrogens with one attached hydrogen (secondary N) is 1. The van der Waals surface area contributed by atoms with Crippen molar-refractivity contribution in [3.8, 4) is 5.75 Å². The van der Waals surface area contributed by atoms with Crippen molar-refractivity contribution in [1.29, 1.82) is 0 Å². The first-order chi connectivity index (χ1) is 20.0. The lowest BCUT2D eigenvalue weighted by Gasteiger charge is -2.14. The topological polar surface area (TPSA) is 225 Å². The zero-order valence-corrected chi connectivity index (χ0v) is 25.3. The lowest BCUT2D eigenvalue weighted by atomic mass is 10.1. The average Bonchev–Trinajstić information content (AvgIpc) is 3.40. The van der Waals surface area contributed by atoms with E-state index in [0.29, 0.717) is 23.9 Å². The van der Waals surface area contributed by atoms with Crippen molar-refractivity contribution in [2.75, 3.05) is 33.2 Å². The molecule has 0 aliphatic heterocycles. The number of rotatable bonds is 9. The van der Waals surface area contributed by atoms with Crippen LogP contribution >= 0.6 is 0 Å². The Kier molecular flexibility index (Phi) is 19.9. The van der Waals surface area contributed by atoms with Gasteiger partial charge in [0.2, 0.25) is 17.7 Å². The van der Waals surface area contributed by atoms with Crippen molar-refractivity contribution < 1.29 is 19.2 Å². The molecule has 1 aromatic heterocycles. The third kappa shape index (κ3) is 18.0. The highest BCUT2D eigenvalue weighted by atomic mass is 16.5. The number of guanidine groups is 1. The molecular formula is C29H47N9O4. The Labute approximate surface area is 248 Å². The van der Waals surface area contributed by atoms with E-state index in [4.69, 9.17) is 32.6 Å². The van der Waals surface area contributed by atoms with Crippen molar-refractivity contribution in [3.63, 3.8) is 0 Å². The van der Waals surface area contributed by atoms with Gasteiger partial charge in [0.15, 0.2) is 11.8 Å². The molecule has 1 heterocycles. The molecule has 0 saturated heterocycles. The second-order valence-electron chi connectivity index (χ2n) is 9.00. The molecule has 0 unspecified atom stereocenters. The molecule has 0 fully saturated rings. The Morgan fingerprint density at radius 2 is 1.67 bits per heavy atom. The number of carbonyl (C=O) groups is 2. The number of hydrogen-bond donors (Lipinski definition) is 6. The monoisotopic (exact) mass is 585 g/mol. The number of nitrogens with two attached hydrogens (primary N) is 4. The van der Waals surface area contributed by atoms with Gasteiger partial charge in [-0.05, 0) is 62.2 Å². The van der Waals surface area contributed by atoms with Gasteiger partial charge in [-0.1, -0.05) is 55.4 Å². The largest absolute Gasteiger partial charge is 0.508 e. The molecule has 0 aliphatic rings. The van der Waals surface area contributed by atoms with E-state index >= 15 is 0 Å². The van der Waals surface area contributed by atoms with Crippen LogP contribution in [-0.4, -0.2) is 71.1 Å². The van der Waals surface area contributed by atoms with E-state index in [1.807, 2.05) is 57.2 Å². The second-order valence-corrected chi connectivity index (χ2v) is 9.00. The van der Waals surface area contributed by atoms with E-state index in [0.717, 1.165) is 30.6 Å². The zero-order valence-electron chi connectivity index (χ0n) is 25.3. The SMILES string of the molecule is CCCN.CCN.CN(Cc1nc(Cc2ccccc2)no1)C(=O)CNC(=O)CN=C(N)N.Cc1ccc(O)cc1C. The Morgan fingerprint density at radius 3 is 2.19 bits per heavy atom. The summed E-state index contributed by atoms with van der Waals surface area (Å²) in [6.07, 6.45) is 1.64. The quantitative estimate of drug-likeness (QED) is 0.156. The molecule has 232 valence electrons. The van der Waals surface area contributed by atoms with Gasteiger partial charge in [-0.2, -0.15) is 4.98 Å². The molecule has 0 atom stereocenters. The first-order valence-corrected chi connectivity index (χ1v) is 13.5. The molecule has 0 bridgehead atoms. The van der Waals surface area contributed by atoms with Crippen molar-refractivity contribution in [2.45, 2.75) is 47.1 Å². The summed E-state index contributed by atoms with van der Waals surface area (Å²) in [6.45, 7) is 9.26. The van der Waals surface area contributed by atoms with Gasteiger partial charge >= 0.3 is 0 Å². The molecule has 3 rings (SSSR count). The number of benzene rings is 2. The molecule has 42 heavy (non-hydrogen) atoms. The lowest BCUT2D eigenvalue weighted by molar-refractivity contribution is -0.132. The minimum absolute atomic E-state index is 0.143. The first-order valence-electron chi connectivity index (χ1n) is 13.5. The molecular weight excluding hydrogens is 538 g/mol. The van der Waals surface area contributed by atoms with Gasteiger partial charge < -0.3 is 42.8 Å². The van der Waals surface area contributed by atoms with Crippen LogP contribution in [0.15, 0.2) is 58.0 Å². The standard InChI is InChI=1S/C16H21N7O3.C8H10O.C3H9N.C2H7N/c1-23(15(25)9-19-13(24)8-20-16(17)18)10-14-21-12(22-26-14)7-11-5-3-2-4-6-11;1-6-3-4-8(9)5-7(6)2;1-2-3-4;1-2-3/h2-6H,7-10H2,1H3,(H,19,24)(H4,17,18,20);3-5,9H,1-2H3;2-4H2,1H3;2-3H2,1H3. The molecule has 13 heteroatoms. The maximum absolute atomic E-state index is 12.0. The van der Waals surface area contributed by atoms with E-state index in [1.54, 1.807) is 19.2 Å². The minimum Gasteiger partial charge on any atom is -0.508 e. The molecule has 0 saturated carbocycles. The van der Waals surface area contributed by atoms with E-state index in [2.05, 4.69) is 27.4 Å². The van der Waals surface area contributed by atoms with E-state index in [1.165, 1.54) is 10.5 Å². The Balaban J connectivity index is 0.000000857. The number of phenols is 1. The highest BCUT2D eigenvalue weighted by Crippen LogP contribution is 2.13. The van der Waals surface area contributed by atoms with Crippen LogP contribution in [0.3, 0.4) is 0 Å². The van der Waals surface area contributed by atoms with Gasteiger partial charge in [0.1, 0.15) is 12.3 Å². The summed E-state index contributed by atoms with van der Waals surface area (Å²) in [6, 6.07) is 15.1. The number of phenolic OH excluding ortho intramolecular Hbond substituents is 1. The number of likely N-dealkylation sites (N-methyl/N-ethyl adjacent to an activating group) is 1. The second kappa shape index (κ2) is 22.2. The molecule has 13 nitrogen and oxygen atoms in total. The fourth-order valence-electron chi connectivity index (χ4n) is 2.75. The fraction of sp³-hybridized carbons (Fsp3) is 0.414. The normalized spacial score (nSPS) is 9.50. The molecule has 2 aromatic carbocycles. The average molecular weight is 586 g/mol. The number of nitrogens with zero attached hydrogens (tertiary/aromatic N) is 4. The van der Waals surface area contributed by atoms with Crippen LogP contribution in [0.25, 0.3) is 0 Å². The van der Waals surface area contributed by atoms with Crippen LogP contribution in [0.4, 0.5) is 0 Å². The van der Waals surface area contributed by atoms with Crippen molar-refractivity contribution in [3.05, 3.63) is 76.9 Å².